The normalized spacial score (nSPS) is 13.9. The topological polar surface area (TPSA) is 38.0 Å². The zero-order valence-electron chi connectivity index (χ0n) is 10.2. The lowest BCUT2D eigenvalue weighted by Crippen LogP contribution is -2.36. The largest absolute Gasteiger partial charge is 0.325 e. The van der Waals surface area contributed by atoms with Crippen molar-refractivity contribution in [3.63, 3.8) is 0 Å². The first-order valence-corrected chi connectivity index (χ1v) is 5.45. The van der Waals surface area contributed by atoms with Crippen molar-refractivity contribution in [3.8, 4) is 0 Å². The Kier molecular flexibility index (Phi) is 3.89. The van der Waals surface area contributed by atoms with Crippen LogP contribution >= 0.6 is 0 Å². The highest BCUT2D eigenvalue weighted by Gasteiger charge is 2.18. The maximum atomic E-state index is 6.05. The van der Waals surface area contributed by atoms with E-state index in [2.05, 4.69) is 50.4 Å². The monoisotopic (exact) mass is 206 g/mol. The summed E-state index contributed by atoms with van der Waals surface area (Å²) >= 11 is 0. The van der Waals surface area contributed by atoms with Gasteiger partial charge in [-0.3, -0.25) is 0 Å². The Morgan fingerprint density at radius 2 is 2.07 bits per heavy atom. The summed E-state index contributed by atoms with van der Waals surface area (Å²) in [5.74, 6) is 0. The number of aryl methyl sites for hydroxylation is 1. The Bertz CT molecular complexity index is 313. The van der Waals surface area contributed by atoms with Gasteiger partial charge in [0.15, 0.2) is 0 Å². The summed E-state index contributed by atoms with van der Waals surface area (Å²) in [6.45, 7) is 6.24. The lowest BCUT2D eigenvalue weighted by atomic mass is 9.91. The highest BCUT2D eigenvalue weighted by molar-refractivity contribution is 5.25. The van der Waals surface area contributed by atoms with E-state index in [4.69, 9.17) is 5.73 Å². The minimum Gasteiger partial charge on any atom is -0.325 e. The second-order valence-electron chi connectivity index (χ2n) is 4.95. The van der Waals surface area contributed by atoms with Crippen LogP contribution in [0.3, 0.4) is 0 Å². The molecule has 1 rings (SSSR count). The van der Waals surface area contributed by atoms with Crippen LogP contribution in [0.5, 0.6) is 0 Å². The molecule has 2 nitrogen and oxygen atoms in total. The van der Waals surface area contributed by atoms with Gasteiger partial charge in [-0.1, -0.05) is 29.8 Å². The second kappa shape index (κ2) is 4.77. The molecule has 2 heteroatoms. The number of nitrogens with one attached hydrogen (secondary N) is 1. The first kappa shape index (κ1) is 12.2. The van der Waals surface area contributed by atoms with Crippen LogP contribution in [0, 0.1) is 6.92 Å². The number of nitrogens with two attached hydrogens (primary N) is 1. The van der Waals surface area contributed by atoms with Crippen LogP contribution in [0.25, 0.3) is 0 Å². The summed E-state index contributed by atoms with van der Waals surface area (Å²) < 4.78 is 0. The average molecular weight is 206 g/mol. The molecule has 0 bridgehead atoms. The molecule has 0 amide bonds. The molecule has 0 saturated heterocycles. The Balaban J connectivity index is 2.83. The molecular formula is C13H22N2. The van der Waals surface area contributed by atoms with E-state index >= 15 is 0 Å². The van der Waals surface area contributed by atoms with Crippen molar-refractivity contribution in [3.05, 3.63) is 35.4 Å². The van der Waals surface area contributed by atoms with E-state index in [-0.39, 0.29) is 5.54 Å². The van der Waals surface area contributed by atoms with E-state index in [0.29, 0.717) is 6.04 Å². The van der Waals surface area contributed by atoms with Gasteiger partial charge >= 0.3 is 0 Å². The molecule has 0 heterocycles. The molecule has 15 heavy (non-hydrogen) atoms. The van der Waals surface area contributed by atoms with Crippen LogP contribution in [0.2, 0.25) is 0 Å². The zero-order valence-corrected chi connectivity index (χ0v) is 10.2. The fraction of sp³-hybridized carbons (Fsp3) is 0.538. The number of hydrogen-bond acceptors (Lipinski definition) is 2. The first-order chi connectivity index (χ1) is 6.92. The SMILES string of the molecule is CNC(CC(C)(C)N)c1cccc(C)c1. The van der Waals surface area contributed by atoms with Crippen molar-refractivity contribution in [2.45, 2.75) is 38.8 Å². The van der Waals surface area contributed by atoms with Crippen molar-refractivity contribution >= 4 is 0 Å². The summed E-state index contributed by atoms with van der Waals surface area (Å²) in [5.41, 5.74) is 8.52. The standard InChI is InChI=1S/C13H22N2/c1-10-6-5-7-11(8-10)12(15-4)9-13(2,3)14/h5-8,12,15H,9,14H2,1-4H3. The van der Waals surface area contributed by atoms with E-state index in [1.807, 2.05) is 7.05 Å². The van der Waals surface area contributed by atoms with Gasteiger partial charge in [-0.05, 0) is 39.8 Å². The summed E-state index contributed by atoms with van der Waals surface area (Å²) in [4.78, 5) is 0. The summed E-state index contributed by atoms with van der Waals surface area (Å²) in [7, 11) is 1.98. The van der Waals surface area contributed by atoms with Crippen LogP contribution < -0.4 is 11.1 Å². The molecule has 3 N–H and O–H groups in total. The van der Waals surface area contributed by atoms with Crippen LogP contribution in [0.15, 0.2) is 24.3 Å². The summed E-state index contributed by atoms with van der Waals surface area (Å²) in [6, 6.07) is 8.92. The molecule has 0 aliphatic carbocycles. The molecule has 1 atom stereocenters. The number of hydrogen-bond donors (Lipinski definition) is 2. The lowest BCUT2D eigenvalue weighted by molar-refractivity contribution is 0.396. The fourth-order valence-electron chi connectivity index (χ4n) is 1.80. The Labute approximate surface area is 92.9 Å². The number of benzene rings is 1. The van der Waals surface area contributed by atoms with Crippen molar-refractivity contribution < 1.29 is 0 Å². The van der Waals surface area contributed by atoms with Crippen LogP contribution in [-0.4, -0.2) is 12.6 Å². The van der Waals surface area contributed by atoms with Gasteiger partial charge in [-0.15, -0.1) is 0 Å². The molecule has 0 aromatic heterocycles. The molecule has 0 aliphatic rings. The van der Waals surface area contributed by atoms with Gasteiger partial charge in [0.2, 0.25) is 0 Å². The van der Waals surface area contributed by atoms with E-state index < -0.39 is 0 Å². The molecule has 0 aliphatic heterocycles. The van der Waals surface area contributed by atoms with Crippen LogP contribution in [0.4, 0.5) is 0 Å². The Morgan fingerprint density at radius 1 is 1.40 bits per heavy atom. The van der Waals surface area contributed by atoms with Crippen molar-refractivity contribution in [2.24, 2.45) is 5.73 Å². The van der Waals surface area contributed by atoms with E-state index in [9.17, 15) is 0 Å². The zero-order chi connectivity index (χ0) is 11.5. The van der Waals surface area contributed by atoms with E-state index in [1.165, 1.54) is 11.1 Å². The van der Waals surface area contributed by atoms with Gasteiger partial charge in [-0.25, -0.2) is 0 Å². The molecule has 0 fully saturated rings. The molecule has 0 radical (unpaired) electrons. The Morgan fingerprint density at radius 3 is 2.53 bits per heavy atom. The van der Waals surface area contributed by atoms with Crippen molar-refractivity contribution in [1.82, 2.24) is 5.32 Å². The molecule has 0 saturated carbocycles. The third-order valence-electron chi connectivity index (χ3n) is 2.52. The molecule has 1 aromatic carbocycles. The fourth-order valence-corrected chi connectivity index (χ4v) is 1.80. The van der Waals surface area contributed by atoms with Gasteiger partial charge in [0.25, 0.3) is 0 Å². The van der Waals surface area contributed by atoms with Gasteiger partial charge in [-0.2, -0.15) is 0 Å². The van der Waals surface area contributed by atoms with Gasteiger partial charge < -0.3 is 11.1 Å². The van der Waals surface area contributed by atoms with Gasteiger partial charge in [0, 0.05) is 11.6 Å². The van der Waals surface area contributed by atoms with Crippen LogP contribution in [0.1, 0.15) is 37.4 Å². The van der Waals surface area contributed by atoms with Gasteiger partial charge in [0.05, 0.1) is 0 Å². The van der Waals surface area contributed by atoms with Gasteiger partial charge in [0.1, 0.15) is 0 Å². The van der Waals surface area contributed by atoms with Crippen LogP contribution in [-0.2, 0) is 0 Å². The van der Waals surface area contributed by atoms with E-state index in [0.717, 1.165) is 6.42 Å². The lowest BCUT2D eigenvalue weighted by Gasteiger charge is -2.26. The predicted octanol–water partition coefficient (Wildman–Crippen LogP) is 2.38. The highest BCUT2D eigenvalue weighted by atomic mass is 14.9. The van der Waals surface area contributed by atoms with E-state index in [1.54, 1.807) is 0 Å². The smallest absolute Gasteiger partial charge is 0.0334 e. The first-order valence-electron chi connectivity index (χ1n) is 5.45. The highest BCUT2D eigenvalue weighted by Crippen LogP contribution is 2.22. The summed E-state index contributed by atoms with van der Waals surface area (Å²) in [6.07, 6.45) is 0.937. The third-order valence-corrected chi connectivity index (χ3v) is 2.52. The average Bonchev–Trinajstić information content (AvgIpc) is 2.13. The summed E-state index contributed by atoms with van der Waals surface area (Å²) in [5, 5.41) is 3.32. The minimum absolute atomic E-state index is 0.141. The minimum atomic E-state index is -0.141. The second-order valence-corrected chi connectivity index (χ2v) is 4.95. The predicted molar refractivity (Wildman–Crippen MR) is 65.9 cm³/mol. The maximum absolute atomic E-state index is 6.05. The quantitative estimate of drug-likeness (QED) is 0.794. The van der Waals surface area contributed by atoms with Crippen molar-refractivity contribution in [2.75, 3.05) is 7.05 Å². The molecule has 0 spiro atoms. The number of rotatable bonds is 4. The third kappa shape index (κ3) is 4.02. The molecular weight excluding hydrogens is 184 g/mol. The maximum Gasteiger partial charge on any atom is 0.0334 e. The van der Waals surface area contributed by atoms with Crippen molar-refractivity contribution in [1.29, 1.82) is 0 Å². The molecule has 84 valence electrons. The Hall–Kier alpha value is -0.860. The molecule has 1 unspecified atom stereocenters. The molecule has 1 aromatic rings.